The average molecular weight is 488 g/mol. The maximum absolute atomic E-state index is 14.1. The van der Waals surface area contributed by atoms with Gasteiger partial charge in [0.15, 0.2) is 0 Å². The Morgan fingerprint density at radius 2 is 1.89 bits per heavy atom. The van der Waals surface area contributed by atoms with Crippen LogP contribution in [-0.2, 0) is 6.54 Å². The molecule has 182 valence electrons. The van der Waals surface area contributed by atoms with Gasteiger partial charge in [0.25, 0.3) is 0 Å². The minimum atomic E-state index is -0.678. The quantitative estimate of drug-likeness (QED) is 0.293. The first kappa shape index (κ1) is 23.3. The molecule has 0 amide bonds. The van der Waals surface area contributed by atoms with Crippen LogP contribution in [0.25, 0.3) is 33.7 Å². The van der Waals surface area contributed by atoms with Gasteiger partial charge in [-0.25, -0.2) is 23.7 Å². The number of pyridine rings is 1. The Bertz CT molecular complexity index is 1540. The van der Waals surface area contributed by atoms with Crippen LogP contribution in [0.3, 0.4) is 0 Å². The number of H-pyrrole nitrogens is 1. The van der Waals surface area contributed by atoms with Crippen LogP contribution in [0.15, 0.2) is 60.8 Å². The molecular formula is C26H23F2N7O. The lowest BCUT2D eigenvalue weighted by Gasteiger charge is -2.07. The van der Waals surface area contributed by atoms with Crippen LogP contribution in [-0.4, -0.2) is 38.1 Å². The smallest absolute Gasteiger partial charge is 0.232 e. The Balaban J connectivity index is 1.53. The molecule has 0 spiro atoms. The summed E-state index contributed by atoms with van der Waals surface area (Å²) in [5, 5.41) is 2.96. The van der Waals surface area contributed by atoms with Gasteiger partial charge in [0, 0.05) is 23.9 Å². The topological polar surface area (TPSA) is 115 Å². The number of nitrogens with zero attached hydrogens (tertiary/aromatic N) is 4. The van der Waals surface area contributed by atoms with Crippen LogP contribution in [0.2, 0.25) is 0 Å². The number of aryl methyl sites for hydroxylation is 1. The fraction of sp³-hybridized carbons (Fsp3) is 0.154. The minimum absolute atomic E-state index is 0.176. The van der Waals surface area contributed by atoms with E-state index in [0.29, 0.717) is 53.0 Å². The van der Waals surface area contributed by atoms with Crippen molar-refractivity contribution in [3.8, 4) is 28.5 Å². The summed E-state index contributed by atoms with van der Waals surface area (Å²) in [4.78, 5) is 21.7. The zero-order valence-electron chi connectivity index (χ0n) is 19.4. The summed E-state index contributed by atoms with van der Waals surface area (Å²) in [7, 11) is 0. The van der Waals surface area contributed by atoms with Gasteiger partial charge in [0.05, 0.1) is 46.5 Å². The number of halogens is 2. The highest BCUT2D eigenvalue weighted by Crippen LogP contribution is 2.31. The second-order valence-electron chi connectivity index (χ2n) is 8.10. The number of rotatable bonds is 8. The van der Waals surface area contributed by atoms with Crippen molar-refractivity contribution in [1.29, 1.82) is 0 Å². The summed E-state index contributed by atoms with van der Waals surface area (Å²) in [6, 6.07) is 14.7. The van der Waals surface area contributed by atoms with Crippen LogP contribution >= 0.6 is 0 Å². The summed E-state index contributed by atoms with van der Waals surface area (Å²) >= 11 is 0. The van der Waals surface area contributed by atoms with Gasteiger partial charge in [-0.2, -0.15) is 0 Å². The third kappa shape index (κ3) is 4.98. The normalized spacial score (nSPS) is 11.1. The predicted octanol–water partition coefficient (Wildman–Crippen LogP) is 4.62. The van der Waals surface area contributed by atoms with E-state index in [9.17, 15) is 8.78 Å². The van der Waals surface area contributed by atoms with E-state index in [4.69, 9.17) is 15.5 Å². The van der Waals surface area contributed by atoms with E-state index in [1.165, 1.54) is 12.1 Å². The summed E-state index contributed by atoms with van der Waals surface area (Å²) in [5.74, 6) is -0.373. The van der Waals surface area contributed by atoms with E-state index in [-0.39, 0.29) is 12.2 Å². The third-order valence-electron chi connectivity index (χ3n) is 5.44. The molecule has 2 aromatic carbocycles. The number of hydrogen-bond acceptors (Lipinski definition) is 7. The van der Waals surface area contributed by atoms with Crippen molar-refractivity contribution in [3.05, 3.63) is 83.9 Å². The molecule has 4 N–H and O–H groups in total. The summed E-state index contributed by atoms with van der Waals surface area (Å²) in [5.41, 5.74) is 10.8. The van der Waals surface area contributed by atoms with E-state index >= 15 is 0 Å². The summed E-state index contributed by atoms with van der Waals surface area (Å²) in [6.07, 6.45) is 1.56. The van der Waals surface area contributed by atoms with Crippen molar-refractivity contribution in [1.82, 2.24) is 24.9 Å². The van der Waals surface area contributed by atoms with Crippen LogP contribution in [0, 0.1) is 18.6 Å². The number of imidazole rings is 1. The van der Waals surface area contributed by atoms with Gasteiger partial charge in [0.2, 0.25) is 5.88 Å². The minimum Gasteiger partial charge on any atom is -0.475 e. The Morgan fingerprint density at radius 3 is 2.69 bits per heavy atom. The molecule has 0 radical (unpaired) electrons. The molecule has 36 heavy (non-hydrogen) atoms. The van der Waals surface area contributed by atoms with Crippen LogP contribution < -0.4 is 15.8 Å². The van der Waals surface area contributed by atoms with Crippen molar-refractivity contribution >= 4 is 16.7 Å². The number of aromatic amines is 1. The summed E-state index contributed by atoms with van der Waals surface area (Å²) < 4.78 is 32.9. The predicted molar refractivity (Wildman–Crippen MR) is 133 cm³/mol. The van der Waals surface area contributed by atoms with E-state index in [1.54, 1.807) is 6.20 Å². The molecule has 0 aliphatic rings. The van der Waals surface area contributed by atoms with Gasteiger partial charge in [-0.15, -0.1) is 0 Å². The highest BCUT2D eigenvalue weighted by Gasteiger charge is 2.17. The molecule has 5 rings (SSSR count). The Hall–Kier alpha value is -4.44. The number of ether oxygens (including phenoxy) is 1. The number of benzene rings is 2. The molecule has 10 heteroatoms. The van der Waals surface area contributed by atoms with E-state index in [2.05, 4.69) is 25.3 Å². The molecule has 8 nitrogen and oxygen atoms in total. The van der Waals surface area contributed by atoms with Crippen molar-refractivity contribution in [2.24, 2.45) is 5.73 Å². The monoisotopic (exact) mass is 487 g/mol. The zero-order chi connectivity index (χ0) is 25.1. The standard InChI is InChI=1S/C26H23F2N7O/c1-15-3-2-4-21(32-15)26-25(34-23(35-26)13-30-19-8-6-17(27)12-18(19)28)16-5-7-20-22(11-16)33-24(14-31-20)36-10-9-29/h2-8,11-12,14,30H,9-10,13,29H2,1H3,(H,34,35). The molecule has 0 aliphatic heterocycles. The number of nitrogens with two attached hydrogens (primary N) is 1. The number of hydrogen-bond donors (Lipinski definition) is 3. The molecule has 0 bridgehead atoms. The van der Waals surface area contributed by atoms with Gasteiger partial charge < -0.3 is 20.8 Å². The molecule has 0 saturated carbocycles. The largest absolute Gasteiger partial charge is 0.475 e. The molecule has 0 fully saturated rings. The van der Waals surface area contributed by atoms with Crippen LogP contribution in [0.1, 0.15) is 11.5 Å². The lowest BCUT2D eigenvalue weighted by atomic mass is 10.1. The molecule has 5 aromatic rings. The second-order valence-corrected chi connectivity index (χ2v) is 8.10. The molecule has 3 heterocycles. The van der Waals surface area contributed by atoms with E-state index in [1.807, 2.05) is 43.3 Å². The SMILES string of the molecule is Cc1cccc(-c2[nH]c(CNc3ccc(F)cc3F)nc2-c2ccc3ncc(OCCN)nc3c2)n1. The van der Waals surface area contributed by atoms with Gasteiger partial charge in [-0.05, 0) is 43.3 Å². The molecule has 0 atom stereocenters. The van der Waals surface area contributed by atoms with Crippen molar-refractivity contribution < 1.29 is 13.5 Å². The fourth-order valence-electron chi connectivity index (χ4n) is 3.77. The fourth-order valence-corrected chi connectivity index (χ4v) is 3.77. The lowest BCUT2D eigenvalue weighted by Crippen LogP contribution is -2.11. The second kappa shape index (κ2) is 10.0. The molecule has 0 aliphatic carbocycles. The number of anilines is 1. The van der Waals surface area contributed by atoms with Gasteiger partial charge >= 0.3 is 0 Å². The number of nitrogens with one attached hydrogen (secondary N) is 2. The lowest BCUT2D eigenvalue weighted by molar-refractivity contribution is 0.315. The van der Waals surface area contributed by atoms with Crippen molar-refractivity contribution in [3.63, 3.8) is 0 Å². The van der Waals surface area contributed by atoms with Gasteiger partial charge in [-0.1, -0.05) is 12.1 Å². The van der Waals surface area contributed by atoms with Crippen LogP contribution in [0.5, 0.6) is 5.88 Å². The Labute approximate surface area is 205 Å². The highest BCUT2D eigenvalue weighted by atomic mass is 19.1. The maximum atomic E-state index is 14.1. The first-order chi connectivity index (χ1) is 17.5. The Morgan fingerprint density at radius 1 is 1.00 bits per heavy atom. The van der Waals surface area contributed by atoms with Crippen LogP contribution in [0.4, 0.5) is 14.5 Å². The molecular weight excluding hydrogens is 464 g/mol. The highest BCUT2D eigenvalue weighted by molar-refractivity contribution is 5.85. The number of fused-ring (bicyclic) bond motifs is 1. The van der Waals surface area contributed by atoms with Crippen molar-refractivity contribution in [2.75, 3.05) is 18.5 Å². The molecule has 3 aromatic heterocycles. The first-order valence-corrected chi connectivity index (χ1v) is 11.3. The molecule has 0 saturated heterocycles. The van der Waals surface area contributed by atoms with Crippen molar-refractivity contribution in [2.45, 2.75) is 13.5 Å². The maximum Gasteiger partial charge on any atom is 0.232 e. The first-order valence-electron chi connectivity index (χ1n) is 11.3. The van der Waals surface area contributed by atoms with Gasteiger partial charge in [-0.3, -0.25) is 4.98 Å². The Kier molecular flexibility index (Phi) is 6.50. The van der Waals surface area contributed by atoms with E-state index < -0.39 is 11.6 Å². The van der Waals surface area contributed by atoms with Gasteiger partial charge in [0.1, 0.15) is 24.1 Å². The third-order valence-corrected chi connectivity index (χ3v) is 5.44. The average Bonchev–Trinajstić information content (AvgIpc) is 3.31. The summed E-state index contributed by atoms with van der Waals surface area (Å²) in [6.45, 7) is 2.81. The van der Waals surface area contributed by atoms with E-state index in [0.717, 1.165) is 17.3 Å². The molecule has 0 unspecified atom stereocenters. The zero-order valence-corrected chi connectivity index (χ0v) is 19.4. The number of aromatic nitrogens is 5.